The molecular formula is C16H28N4. The van der Waals surface area contributed by atoms with Crippen molar-refractivity contribution in [3.63, 3.8) is 0 Å². The Bertz CT molecular complexity index is 436. The van der Waals surface area contributed by atoms with Crippen molar-refractivity contribution in [1.82, 2.24) is 9.97 Å². The molecule has 1 aliphatic carbocycles. The standard InChI is InChI=1S/C16H28N4/c1-5-13(6-2)20(10-11(3)4)15-9-14(17)18-16(19-15)12-7-8-12/h9,11-13H,5-8,10H2,1-4H3,(H2,17,18,19). The van der Waals surface area contributed by atoms with E-state index in [-0.39, 0.29) is 0 Å². The zero-order valence-electron chi connectivity index (χ0n) is 13.3. The first-order chi connectivity index (χ1) is 9.55. The van der Waals surface area contributed by atoms with Crippen LogP contribution < -0.4 is 10.6 Å². The van der Waals surface area contributed by atoms with Crippen LogP contribution in [0.3, 0.4) is 0 Å². The molecule has 112 valence electrons. The van der Waals surface area contributed by atoms with Gasteiger partial charge in [0, 0.05) is 24.6 Å². The Morgan fingerprint density at radius 3 is 2.40 bits per heavy atom. The van der Waals surface area contributed by atoms with Crippen LogP contribution in [0.2, 0.25) is 0 Å². The van der Waals surface area contributed by atoms with E-state index < -0.39 is 0 Å². The van der Waals surface area contributed by atoms with Gasteiger partial charge in [0.05, 0.1) is 0 Å². The molecule has 0 unspecified atom stereocenters. The van der Waals surface area contributed by atoms with Gasteiger partial charge in [-0.3, -0.25) is 0 Å². The zero-order chi connectivity index (χ0) is 14.7. The van der Waals surface area contributed by atoms with Crippen molar-refractivity contribution in [1.29, 1.82) is 0 Å². The van der Waals surface area contributed by atoms with E-state index in [9.17, 15) is 0 Å². The van der Waals surface area contributed by atoms with Gasteiger partial charge in [-0.25, -0.2) is 9.97 Å². The second-order valence-electron chi connectivity index (χ2n) is 6.30. The van der Waals surface area contributed by atoms with E-state index in [1.807, 2.05) is 6.07 Å². The first kappa shape index (κ1) is 15.1. The van der Waals surface area contributed by atoms with Crippen LogP contribution in [0.1, 0.15) is 65.1 Å². The molecular weight excluding hydrogens is 248 g/mol. The van der Waals surface area contributed by atoms with Crippen LogP contribution in [-0.4, -0.2) is 22.6 Å². The molecule has 4 nitrogen and oxygen atoms in total. The largest absolute Gasteiger partial charge is 0.384 e. The Balaban J connectivity index is 2.31. The minimum Gasteiger partial charge on any atom is -0.384 e. The Hall–Kier alpha value is -1.32. The van der Waals surface area contributed by atoms with Gasteiger partial charge in [0.25, 0.3) is 0 Å². The van der Waals surface area contributed by atoms with Crippen molar-refractivity contribution in [3.05, 3.63) is 11.9 Å². The third kappa shape index (κ3) is 3.62. The van der Waals surface area contributed by atoms with E-state index in [0.717, 1.165) is 31.0 Å². The van der Waals surface area contributed by atoms with E-state index in [0.29, 0.717) is 23.7 Å². The van der Waals surface area contributed by atoms with Crippen LogP contribution in [0.15, 0.2) is 6.07 Å². The number of hydrogen-bond acceptors (Lipinski definition) is 4. The van der Waals surface area contributed by atoms with Crippen molar-refractivity contribution in [2.24, 2.45) is 5.92 Å². The highest BCUT2D eigenvalue weighted by molar-refractivity contribution is 5.48. The molecule has 0 saturated heterocycles. The summed E-state index contributed by atoms with van der Waals surface area (Å²) in [7, 11) is 0. The predicted molar refractivity (Wildman–Crippen MR) is 85.0 cm³/mol. The maximum absolute atomic E-state index is 6.00. The van der Waals surface area contributed by atoms with Crippen LogP contribution in [0, 0.1) is 5.92 Å². The van der Waals surface area contributed by atoms with Crippen LogP contribution in [0.25, 0.3) is 0 Å². The number of nitrogen functional groups attached to an aromatic ring is 1. The van der Waals surface area contributed by atoms with Gasteiger partial charge in [-0.2, -0.15) is 0 Å². The van der Waals surface area contributed by atoms with Gasteiger partial charge in [0.15, 0.2) is 0 Å². The van der Waals surface area contributed by atoms with Gasteiger partial charge in [0.2, 0.25) is 0 Å². The number of rotatable bonds is 7. The maximum Gasteiger partial charge on any atom is 0.136 e. The Morgan fingerprint density at radius 2 is 1.90 bits per heavy atom. The zero-order valence-corrected chi connectivity index (χ0v) is 13.3. The number of nitrogens with zero attached hydrogens (tertiary/aromatic N) is 3. The summed E-state index contributed by atoms with van der Waals surface area (Å²) < 4.78 is 0. The summed E-state index contributed by atoms with van der Waals surface area (Å²) in [6.45, 7) is 10.0. The number of nitrogens with two attached hydrogens (primary N) is 1. The lowest BCUT2D eigenvalue weighted by molar-refractivity contribution is 0.502. The number of anilines is 2. The van der Waals surface area contributed by atoms with Gasteiger partial charge in [-0.15, -0.1) is 0 Å². The summed E-state index contributed by atoms with van der Waals surface area (Å²) in [5.41, 5.74) is 6.00. The lowest BCUT2D eigenvalue weighted by atomic mass is 10.1. The molecule has 1 saturated carbocycles. The van der Waals surface area contributed by atoms with E-state index in [1.165, 1.54) is 12.8 Å². The molecule has 1 fully saturated rings. The molecule has 0 radical (unpaired) electrons. The molecule has 2 rings (SSSR count). The lowest BCUT2D eigenvalue weighted by Gasteiger charge is -2.33. The van der Waals surface area contributed by atoms with Crippen LogP contribution in [-0.2, 0) is 0 Å². The lowest BCUT2D eigenvalue weighted by Crippen LogP contribution is -2.38. The Labute approximate surface area is 122 Å². The second kappa shape index (κ2) is 6.42. The molecule has 0 atom stereocenters. The molecule has 0 amide bonds. The fraction of sp³-hybridized carbons (Fsp3) is 0.750. The highest BCUT2D eigenvalue weighted by Gasteiger charge is 2.28. The number of hydrogen-bond donors (Lipinski definition) is 1. The van der Waals surface area contributed by atoms with Crippen molar-refractivity contribution >= 4 is 11.6 Å². The summed E-state index contributed by atoms with van der Waals surface area (Å²) in [5, 5.41) is 0. The Morgan fingerprint density at radius 1 is 1.25 bits per heavy atom. The summed E-state index contributed by atoms with van der Waals surface area (Å²) >= 11 is 0. The minimum absolute atomic E-state index is 0.527. The van der Waals surface area contributed by atoms with E-state index in [1.54, 1.807) is 0 Å². The monoisotopic (exact) mass is 276 g/mol. The van der Waals surface area contributed by atoms with E-state index >= 15 is 0 Å². The third-order valence-corrected chi connectivity index (χ3v) is 3.93. The summed E-state index contributed by atoms with van der Waals surface area (Å²) in [6, 6.07) is 2.46. The van der Waals surface area contributed by atoms with Crippen LogP contribution in [0.4, 0.5) is 11.6 Å². The van der Waals surface area contributed by atoms with Crippen LogP contribution in [0.5, 0.6) is 0 Å². The normalized spacial score (nSPS) is 15.1. The highest BCUT2D eigenvalue weighted by atomic mass is 15.2. The van der Waals surface area contributed by atoms with Gasteiger partial charge in [-0.05, 0) is 31.6 Å². The molecule has 1 aromatic rings. The summed E-state index contributed by atoms with van der Waals surface area (Å²) in [6.07, 6.45) is 4.67. The fourth-order valence-corrected chi connectivity index (χ4v) is 2.70. The topological polar surface area (TPSA) is 55.0 Å². The van der Waals surface area contributed by atoms with E-state index in [4.69, 9.17) is 10.7 Å². The van der Waals surface area contributed by atoms with Gasteiger partial charge in [0.1, 0.15) is 17.5 Å². The van der Waals surface area contributed by atoms with Crippen molar-refractivity contribution in [2.75, 3.05) is 17.2 Å². The number of aromatic nitrogens is 2. The van der Waals surface area contributed by atoms with Crippen LogP contribution >= 0.6 is 0 Å². The minimum atomic E-state index is 0.527. The molecule has 1 aromatic heterocycles. The maximum atomic E-state index is 6.00. The first-order valence-electron chi connectivity index (χ1n) is 7.96. The molecule has 0 aromatic carbocycles. The van der Waals surface area contributed by atoms with Crippen molar-refractivity contribution in [3.8, 4) is 0 Å². The molecule has 4 heteroatoms. The molecule has 1 heterocycles. The fourth-order valence-electron chi connectivity index (χ4n) is 2.70. The van der Waals surface area contributed by atoms with Gasteiger partial charge >= 0.3 is 0 Å². The van der Waals surface area contributed by atoms with Crippen molar-refractivity contribution in [2.45, 2.75) is 65.3 Å². The molecule has 0 bridgehead atoms. The van der Waals surface area contributed by atoms with E-state index in [2.05, 4.69) is 37.6 Å². The first-order valence-corrected chi connectivity index (χ1v) is 7.96. The molecule has 20 heavy (non-hydrogen) atoms. The van der Waals surface area contributed by atoms with Gasteiger partial charge in [-0.1, -0.05) is 27.7 Å². The van der Waals surface area contributed by atoms with Crippen molar-refractivity contribution < 1.29 is 0 Å². The predicted octanol–water partition coefficient (Wildman–Crippen LogP) is 3.59. The quantitative estimate of drug-likeness (QED) is 0.827. The highest BCUT2D eigenvalue weighted by Crippen LogP contribution is 2.39. The second-order valence-corrected chi connectivity index (χ2v) is 6.30. The average Bonchev–Trinajstić information content (AvgIpc) is 3.22. The molecule has 0 spiro atoms. The summed E-state index contributed by atoms with van der Waals surface area (Å²) in [5.74, 6) is 3.72. The molecule has 0 aliphatic heterocycles. The molecule has 2 N–H and O–H groups in total. The third-order valence-electron chi connectivity index (χ3n) is 3.93. The SMILES string of the molecule is CCC(CC)N(CC(C)C)c1cc(N)nc(C2CC2)n1. The Kier molecular flexibility index (Phi) is 4.84. The smallest absolute Gasteiger partial charge is 0.136 e. The summed E-state index contributed by atoms with van der Waals surface area (Å²) in [4.78, 5) is 11.6. The molecule has 1 aliphatic rings. The average molecular weight is 276 g/mol. The van der Waals surface area contributed by atoms with Gasteiger partial charge < -0.3 is 10.6 Å².